The van der Waals surface area contributed by atoms with E-state index in [1.165, 1.54) is 0 Å². The van der Waals surface area contributed by atoms with Crippen molar-refractivity contribution in [3.63, 3.8) is 0 Å². The minimum Gasteiger partial charge on any atom is -0.473 e. The van der Waals surface area contributed by atoms with Crippen molar-refractivity contribution in [3.8, 4) is 5.88 Å². The number of aromatic nitrogens is 1. The third-order valence-electron chi connectivity index (χ3n) is 2.82. The highest BCUT2D eigenvalue weighted by atomic mass is 35.5. The molecule has 0 bridgehead atoms. The normalized spacial score (nSPS) is 11.9. The SMILES string of the molecule is Cc1ccnc(OCc2ccc(CC(Cl)N=O)cc2)c1. The molecule has 20 heavy (non-hydrogen) atoms. The van der Waals surface area contributed by atoms with E-state index in [2.05, 4.69) is 10.2 Å². The number of benzene rings is 1. The Bertz CT molecular complexity index is 572. The summed E-state index contributed by atoms with van der Waals surface area (Å²) in [4.78, 5) is 14.4. The fraction of sp³-hybridized carbons (Fsp3) is 0.267. The number of alkyl halides is 1. The summed E-state index contributed by atoms with van der Waals surface area (Å²) in [5.41, 5.74) is 2.40. The second-order valence-corrected chi connectivity index (χ2v) is 5.02. The Morgan fingerprint density at radius 1 is 1.25 bits per heavy atom. The predicted octanol–water partition coefficient (Wildman–Crippen LogP) is 3.84. The number of pyridine rings is 1. The maximum Gasteiger partial charge on any atom is 0.213 e. The summed E-state index contributed by atoms with van der Waals surface area (Å²) in [6.45, 7) is 2.44. The molecule has 0 saturated heterocycles. The van der Waals surface area contributed by atoms with E-state index < -0.39 is 5.50 Å². The number of hydrogen-bond acceptors (Lipinski definition) is 4. The van der Waals surface area contributed by atoms with Crippen LogP contribution in [0.15, 0.2) is 47.8 Å². The zero-order valence-corrected chi connectivity index (χ0v) is 11.9. The van der Waals surface area contributed by atoms with E-state index >= 15 is 0 Å². The van der Waals surface area contributed by atoms with Gasteiger partial charge in [-0.3, -0.25) is 0 Å². The molecular weight excluding hydrogens is 276 g/mol. The van der Waals surface area contributed by atoms with Crippen LogP contribution >= 0.6 is 11.6 Å². The third-order valence-corrected chi connectivity index (χ3v) is 3.05. The van der Waals surface area contributed by atoms with Crippen molar-refractivity contribution in [2.75, 3.05) is 0 Å². The Balaban J connectivity index is 1.92. The van der Waals surface area contributed by atoms with E-state index in [1.54, 1.807) is 6.20 Å². The zero-order valence-electron chi connectivity index (χ0n) is 11.1. The zero-order chi connectivity index (χ0) is 14.4. The highest BCUT2D eigenvalue weighted by Crippen LogP contribution is 2.13. The van der Waals surface area contributed by atoms with Crippen molar-refractivity contribution in [1.29, 1.82) is 0 Å². The van der Waals surface area contributed by atoms with Gasteiger partial charge in [0, 0.05) is 18.7 Å². The van der Waals surface area contributed by atoms with Crippen LogP contribution < -0.4 is 4.74 Å². The molecule has 1 aromatic heterocycles. The van der Waals surface area contributed by atoms with Gasteiger partial charge in [0.05, 0.1) is 0 Å². The molecule has 0 N–H and O–H groups in total. The monoisotopic (exact) mass is 290 g/mol. The maximum atomic E-state index is 10.3. The van der Waals surface area contributed by atoms with Crippen LogP contribution in [0.3, 0.4) is 0 Å². The lowest BCUT2D eigenvalue weighted by Gasteiger charge is -2.07. The van der Waals surface area contributed by atoms with Crippen molar-refractivity contribution in [3.05, 3.63) is 64.2 Å². The summed E-state index contributed by atoms with van der Waals surface area (Å²) >= 11 is 5.68. The van der Waals surface area contributed by atoms with E-state index in [0.717, 1.165) is 16.7 Å². The smallest absolute Gasteiger partial charge is 0.213 e. The third kappa shape index (κ3) is 4.31. The van der Waals surface area contributed by atoms with Crippen LogP contribution in [0.25, 0.3) is 0 Å². The highest BCUT2D eigenvalue weighted by molar-refractivity contribution is 6.20. The largest absolute Gasteiger partial charge is 0.473 e. The molecule has 1 atom stereocenters. The van der Waals surface area contributed by atoms with Crippen molar-refractivity contribution in [1.82, 2.24) is 4.98 Å². The molecule has 0 spiro atoms. The highest BCUT2D eigenvalue weighted by Gasteiger charge is 2.05. The van der Waals surface area contributed by atoms with E-state index in [-0.39, 0.29) is 0 Å². The Labute approximate surface area is 122 Å². The molecule has 2 aromatic rings. The van der Waals surface area contributed by atoms with Gasteiger partial charge in [0.15, 0.2) is 5.50 Å². The molecule has 0 amide bonds. The van der Waals surface area contributed by atoms with Crippen LogP contribution in [0.1, 0.15) is 16.7 Å². The van der Waals surface area contributed by atoms with Gasteiger partial charge >= 0.3 is 0 Å². The van der Waals surface area contributed by atoms with Gasteiger partial charge in [-0.1, -0.05) is 35.9 Å². The first kappa shape index (κ1) is 14.5. The van der Waals surface area contributed by atoms with Crippen molar-refractivity contribution in [2.45, 2.75) is 25.5 Å². The molecule has 0 radical (unpaired) electrons. The molecule has 0 saturated carbocycles. The number of hydrogen-bond donors (Lipinski definition) is 0. The van der Waals surface area contributed by atoms with Crippen molar-refractivity contribution in [2.24, 2.45) is 5.18 Å². The number of nitrogens with zero attached hydrogens (tertiary/aromatic N) is 2. The first-order valence-electron chi connectivity index (χ1n) is 6.27. The number of rotatable bonds is 6. The van der Waals surface area contributed by atoms with Crippen LogP contribution in [0, 0.1) is 11.8 Å². The molecule has 4 nitrogen and oxygen atoms in total. The Morgan fingerprint density at radius 2 is 1.95 bits per heavy atom. The molecule has 1 heterocycles. The number of halogens is 1. The van der Waals surface area contributed by atoms with Crippen molar-refractivity contribution < 1.29 is 4.74 Å². The molecule has 1 unspecified atom stereocenters. The molecule has 0 aliphatic heterocycles. The van der Waals surface area contributed by atoms with Gasteiger partial charge in [-0.25, -0.2) is 4.98 Å². The first-order valence-corrected chi connectivity index (χ1v) is 6.71. The van der Waals surface area contributed by atoms with Crippen LogP contribution in [0.2, 0.25) is 0 Å². The van der Waals surface area contributed by atoms with E-state index in [4.69, 9.17) is 16.3 Å². The minimum atomic E-state index is -0.714. The molecule has 104 valence electrons. The predicted molar refractivity (Wildman–Crippen MR) is 78.9 cm³/mol. The van der Waals surface area contributed by atoms with Crippen molar-refractivity contribution >= 4 is 11.6 Å². The lowest BCUT2D eigenvalue weighted by Crippen LogP contribution is -2.00. The van der Waals surface area contributed by atoms with Crippen LogP contribution in [0.5, 0.6) is 5.88 Å². The standard InChI is InChI=1S/C15H15ClN2O2/c1-11-6-7-17-15(8-11)20-10-13-4-2-12(3-5-13)9-14(16)18-19/h2-8,14H,9-10H2,1H3. The molecule has 0 fully saturated rings. The summed E-state index contributed by atoms with van der Waals surface area (Å²) < 4.78 is 5.61. The van der Waals surface area contributed by atoms with Gasteiger partial charge < -0.3 is 4.74 Å². The van der Waals surface area contributed by atoms with E-state index in [0.29, 0.717) is 18.9 Å². The van der Waals surface area contributed by atoms with Crippen LogP contribution in [-0.2, 0) is 13.0 Å². The Hall–Kier alpha value is -1.94. The van der Waals surface area contributed by atoms with Gasteiger partial charge in [-0.15, -0.1) is 4.91 Å². The fourth-order valence-electron chi connectivity index (χ4n) is 1.75. The Morgan fingerprint density at radius 3 is 2.60 bits per heavy atom. The van der Waals surface area contributed by atoms with Crippen LogP contribution in [-0.4, -0.2) is 10.5 Å². The second kappa shape index (κ2) is 7.01. The summed E-state index contributed by atoms with van der Waals surface area (Å²) in [6, 6.07) is 11.5. The van der Waals surface area contributed by atoms with E-state index in [9.17, 15) is 4.91 Å². The van der Waals surface area contributed by atoms with Gasteiger partial charge in [0.25, 0.3) is 0 Å². The molecule has 2 rings (SSSR count). The number of nitroso groups, excluding NO2 is 1. The average Bonchev–Trinajstić information content (AvgIpc) is 2.46. The minimum absolute atomic E-state index is 0.436. The van der Waals surface area contributed by atoms with Crippen LogP contribution in [0.4, 0.5) is 0 Å². The maximum absolute atomic E-state index is 10.3. The summed E-state index contributed by atoms with van der Waals surface area (Å²) in [6.07, 6.45) is 2.16. The lowest BCUT2D eigenvalue weighted by atomic mass is 10.1. The molecule has 1 aromatic carbocycles. The summed E-state index contributed by atoms with van der Waals surface area (Å²) in [5, 5.41) is 2.77. The lowest BCUT2D eigenvalue weighted by molar-refractivity contribution is 0.293. The second-order valence-electron chi connectivity index (χ2n) is 4.52. The van der Waals surface area contributed by atoms with Gasteiger partial charge in [0.1, 0.15) is 6.61 Å². The average molecular weight is 291 g/mol. The molecule has 5 heteroatoms. The van der Waals surface area contributed by atoms with Gasteiger partial charge in [0.2, 0.25) is 5.88 Å². The number of aryl methyl sites for hydroxylation is 1. The first-order chi connectivity index (χ1) is 9.67. The topological polar surface area (TPSA) is 51.6 Å². The fourth-order valence-corrected chi connectivity index (χ4v) is 1.93. The molecule has 0 aliphatic carbocycles. The molecular formula is C15H15ClN2O2. The quantitative estimate of drug-likeness (QED) is 0.461. The van der Waals surface area contributed by atoms with E-state index in [1.807, 2.05) is 43.3 Å². The summed E-state index contributed by atoms with van der Waals surface area (Å²) in [5.74, 6) is 0.611. The molecule has 0 aliphatic rings. The Kier molecular flexibility index (Phi) is 5.07. The van der Waals surface area contributed by atoms with Gasteiger partial charge in [-0.05, 0) is 34.9 Å². The van der Waals surface area contributed by atoms with Gasteiger partial charge in [-0.2, -0.15) is 0 Å². The summed E-state index contributed by atoms with van der Waals surface area (Å²) in [7, 11) is 0. The number of ether oxygens (including phenoxy) is 1.